The number of hydrogen-bond acceptors (Lipinski definition) is 0. The van der Waals surface area contributed by atoms with Crippen LogP contribution < -0.4 is 0 Å². The lowest BCUT2D eigenvalue weighted by Crippen LogP contribution is -1.93. The molecule has 0 aliphatic rings. The quantitative estimate of drug-likeness (QED) is 0.422. The Hall–Kier alpha value is -2.60. The summed E-state index contributed by atoms with van der Waals surface area (Å²) in [6.45, 7) is 12.3. The van der Waals surface area contributed by atoms with E-state index in [1.165, 1.54) is 33.4 Å². The summed E-state index contributed by atoms with van der Waals surface area (Å²) in [6, 6.07) is 30.0. The molecule has 0 saturated carbocycles. The molecule has 0 saturated heterocycles. The molecule has 0 aliphatic carbocycles. The van der Waals surface area contributed by atoms with E-state index in [4.69, 9.17) is 0 Å². The van der Waals surface area contributed by atoms with E-state index in [0.29, 0.717) is 0 Å². The van der Waals surface area contributed by atoms with Gasteiger partial charge in [-0.1, -0.05) is 118 Å². The van der Waals surface area contributed by atoms with Gasteiger partial charge in [-0.2, -0.15) is 0 Å². The summed E-state index contributed by atoms with van der Waals surface area (Å²) >= 11 is 0. The van der Waals surface area contributed by atoms with Gasteiger partial charge in [-0.25, -0.2) is 0 Å². The largest absolute Gasteiger partial charge is 0.0683 e. The molecule has 0 N–H and O–H groups in total. The summed E-state index contributed by atoms with van der Waals surface area (Å²) in [4.78, 5) is 0. The molecule has 3 aromatic rings. The van der Waals surface area contributed by atoms with Gasteiger partial charge in [0.2, 0.25) is 0 Å². The summed E-state index contributed by atoms with van der Waals surface area (Å²) < 4.78 is 0. The molecule has 3 rings (SSSR count). The Morgan fingerprint density at radius 2 is 0.885 bits per heavy atom. The highest BCUT2D eigenvalue weighted by molar-refractivity contribution is 5.97. The third-order valence-electron chi connectivity index (χ3n) is 3.98. The Morgan fingerprint density at radius 1 is 0.500 bits per heavy atom. The minimum absolute atomic E-state index is 1.26. The van der Waals surface area contributed by atoms with Crippen molar-refractivity contribution >= 4 is 11.1 Å². The van der Waals surface area contributed by atoms with Crippen LogP contribution in [-0.2, 0) is 0 Å². The normalized spacial score (nSPS) is 10.5. The van der Waals surface area contributed by atoms with Crippen LogP contribution in [0.15, 0.2) is 84.9 Å². The van der Waals surface area contributed by atoms with Crippen molar-refractivity contribution in [2.75, 3.05) is 0 Å². The minimum Gasteiger partial charge on any atom is -0.0683 e. The van der Waals surface area contributed by atoms with E-state index in [2.05, 4.69) is 98.8 Å². The van der Waals surface area contributed by atoms with Crippen molar-refractivity contribution in [3.63, 3.8) is 0 Å². The molecule has 0 aromatic heterocycles. The van der Waals surface area contributed by atoms with Gasteiger partial charge in [-0.15, -0.1) is 0 Å². The van der Waals surface area contributed by atoms with Gasteiger partial charge in [0, 0.05) is 0 Å². The highest BCUT2D eigenvalue weighted by Crippen LogP contribution is 2.32. The molecule has 0 heteroatoms. The van der Waals surface area contributed by atoms with Gasteiger partial charge in [0.15, 0.2) is 0 Å². The molecular weight excluding hydrogens is 312 g/mol. The Balaban J connectivity index is 0.000000791. The molecular formula is C26H32. The molecule has 26 heavy (non-hydrogen) atoms. The van der Waals surface area contributed by atoms with E-state index >= 15 is 0 Å². The molecule has 0 aliphatic heterocycles. The van der Waals surface area contributed by atoms with Crippen LogP contribution in [0.25, 0.3) is 11.1 Å². The third-order valence-corrected chi connectivity index (χ3v) is 3.98. The first-order chi connectivity index (χ1) is 12.8. The monoisotopic (exact) mass is 344 g/mol. The smallest absolute Gasteiger partial charge is 0.00762 e. The summed E-state index contributed by atoms with van der Waals surface area (Å²) in [7, 11) is 0. The maximum absolute atomic E-state index is 2.21. The average molecular weight is 345 g/mol. The van der Waals surface area contributed by atoms with E-state index in [9.17, 15) is 0 Å². The third kappa shape index (κ3) is 5.74. The van der Waals surface area contributed by atoms with E-state index in [1.54, 1.807) is 0 Å². The van der Waals surface area contributed by atoms with Gasteiger partial charge in [0.25, 0.3) is 0 Å². The summed E-state index contributed by atoms with van der Waals surface area (Å²) in [6.07, 6.45) is 0. The van der Waals surface area contributed by atoms with E-state index < -0.39 is 0 Å². The number of rotatable bonds is 3. The molecule has 3 aromatic carbocycles. The molecule has 0 fully saturated rings. The second kappa shape index (κ2) is 11.9. The first kappa shape index (κ1) is 21.4. The van der Waals surface area contributed by atoms with Gasteiger partial charge >= 0.3 is 0 Å². The highest BCUT2D eigenvalue weighted by Gasteiger charge is 2.10. The molecule has 0 heterocycles. The van der Waals surface area contributed by atoms with Crippen molar-refractivity contribution in [2.45, 2.75) is 41.5 Å². The first-order valence-corrected chi connectivity index (χ1v) is 9.64. The molecule has 136 valence electrons. The second-order valence-electron chi connectivity index (χ2n) is 5.60. The summed E-state index contributed by atoms with van der Waals surface area (Å²) in [5, 5.41) is 0. The molecule has 0 nitrogen and oxygen atoms in total. The fourth-order valence-electron chi connectivity index (χ4n) is 2.76. The fourth-order valence-corrected chi connectivity index (χ4v) is 2.76. The van der Waals surface area contributed by atoms with Crippen LogP contribution in [0.5, 0.6) is 0 Å². The lowest BCUT2D eigenvalue weighted by atomic mass is 9.90. The zero-order chi connectivity index (χ0) is 19.4. The van der Waals surface area contributed by atoms with Gasteiger partial charge in [-0.3, -0.25) is 0 Å². The molecule has 0 radical (unpaired) electrons. The number of allylic oxidation sites excluding steroid dienone is 1. The minimum atomic E-state index is 1.26. The number of benzene rings is 3. The Labute approximate surface area is 160 Å². The Kier molecular flexibility index (Phi) is 9.79. The van der Waals surface area contributed by atoms with Crippen molar-refractivity contribution in [3.05, 3.63) is 107 Å². The molecule has 0 spiro atoms. The first-order valence-electron chi connectivity index (χ1n) is 9.64. The average Bonchev–Trinajstić information content (AvgIpc) is 2.74. The zero-order valence-electron chi connectivity index (χ0n) is 17.1. The molecule has 0 atom stereocenters. The maximum Gasteiger partial charge on any atom is -0.00762 e. The lowest BCUT2D eigenvalue weighted by Gasteiger charge is -2.14. The lowest BCUT2D eigenvalue weighted by molar-refractivity contribution is 1.44. The highest BCUT2D eigenvalue weighted by atomic mass is 14.1. The SMILES string of the molecule is C/C(=C(\c1ccccc1)c1ccc(C)cc1)c1ccccc1.CC.CC. The van der Waals surface area contributed by atoms with Gasteiger partial charge in [0.1, 0.15) is 0 Å². The van der Waals surface area contributed by atoms with Gasteiger partial charge < -0.3 is 0 Å². The standard InChI is InChI=1S/C22H20.2C2H6/c1-17-13-15-21(16-14-17)22(20-11-7-4-8-12-20)18(2)19-9-5-3-6-10-19;2*1-2/h3-16H,1-2H3;2*1-2H3/b22-18-;;. The van der Waals surface area contributed by atoms with E-state index in [1.807, 2.05) is 27.7 Å². The van der Waals surface area contributed by atoms with Crippen LogP contribution >= 0.6 is 0 Å². The van der Waals surface area contributed by atoms with Gasteiger partial charge in [-0.05, 0) is 41.7 Å². The van der Waals surface area contributed by atoms with Crippen LogP contribution in [0, 0.1) is 6.92 Å². The predicted molar refractivity (Wildman–Crippen MR) is 118 cm³/mol. The summed E-state index contributed by atoms with van der Waals surface area (Å²) in [5.74, 6) is 0. The van der Waals surface area contributed by atoms with Gasteiger partial charge in [0.05, 0.1) is 0 Å². The fraction of sp³-hybridized carbons (Fsp3) is 0.231. The Bertz CT molecular complexity index is 763. The zero-order valence-corrected chi connectivity index (χ0v) is 17.1. The molecule has 0 amide bonds. The van der Waals surface area contributed by atoms with Crippen LogP contribution in [0.2, 0.25) is 0 Å². The summed E-state index contributed by atoms with van der Waals surface area (Å²) in [5.41, 5.74) is 7.67. The van der Waals surface area contributed by atoms with Crippen molar-refractivity contribution in [1.29, 1.82) is 0 Å². The topological polar surface area (TPSA) is 0 Å². The van der Waals surface area contributed by atoms with Crippen LogP contribution in [0.3, 0.4) is 0 Å². The van der Waals surface area contributed by atoms with Crippen molar-refractivity contribution in [1.82, 2.24) is 0 Å². The maximum atomic E-state index is 2.21. The van der Waals surface area contributed by atoms with Crippen LogP contribution in [0.4, 0.5) is 0 Å². The van der Waals surface area contributed by atoms with Crippen molar-refractivity contribution in [3.8, 4) is 0 Å². The van der Waals surface area contributed by atoms with E-state index in [0.717, 1.165) is 0 Å². The van der Waals surface area contributed by atoms with Crippen LogP contribution in [0.1, 0.15) is 56.9 Å². The number of hydrogen-bond donors (Lipinski definition) is 0. The van der Waals surface area contributed by atoms with E-state index in [-0.39, 0.29) is 0 Å². The molecule has 0 unspecified atom stereocenters. The van der Waals surface area contributed by atoms with Crippen molar-refractivity contribution in [2.24, 2.45) is 0 Å². The second-order valence-corrected chi connectivity index (χ2v) is 5.60. The van der Waals surface area contributed by atoms with Crippen LogP contribution in [-0.4, -0.2) is 0 Å². The Morgan fingerprint density at radius 3 is 1.35 bits per heavy atom. The molecule has 0 bridgehead atoms. The predicted octanol–water partition coefficient (Wildman–Crippen LogP) is 8.03. The number of aryl methyl sites for hydroxylation is 1. The van der Waals surface area contributed by atoms with Crippen molar-refractivity contribution < 1.29 is 0 Å².